The lowest BCUT2D eigenvalue weighted by molar-refractivity contribution is -0.138. The molecule has 0 aromatic heterocycles. The summed E-state index contributed by atoms with van der Waals surface area (Å²) < 4.78 is 4.93. The van der Waals surface area contributed by atoms with Gasteiger partial charge in [-0.1, -0.05) is 18.2 Å². The number of amides is 2. The van der Waals surface area contributed by atoms with Crippen molar-refractivity contribution in [3.63, 3.8) is 0 Å². The minimum atomic E-state index is -0.388. The number of hydrogen-bond acceptors (Lipinski definition) is 4. The highest BCUT2D eigenvalue weighted by Crippen LogP contribution is 2.23. The van der Waals surface area contributed by atoms with Crippen LogP contribution in [0.3, 0.4) is 0 Å². The monoisotopic (exact) mass is 355 g/mol. The van der Waals surface area contributed by atoms with E-state index in [2.05, 4.69) is 5.32 Å². The summed E-state index contributed by atoms with van der Waals surface area (Å²) >= 11 is 0. The van der Waals surface area contributed by atoms with Crippen LogP contribution in [0.15, 0.2) is 30.3 Å². The summed E-state index contributed by atoms with van der Waals surface area (Å²) in [5, 5.41) is 3.02. The Morgan fingerprint density at radius 3 is 2.75 bits per heavy atom. The quantitative estimate of drug-likeness (QED) is 0.749. The van der Waals surface area contributed by atoms with E-state index < -0.39 is 0 Å². The Morgan fingerprint density at radius 1 is 1.38 bits per heavy atom. The van der Waals surface area contributed by atoms with E-state index in [0.29, 0.717) is 26.1 Å². The molecule has 0 aliphatic carbocycles. The first-order valence-corrected chi connectivity index (χ1v) is 7.97. The molecule has 6 nitrogen and oxygen atoms in total. The molecule has 24 heavy (non-hydrogen) atoms. The normalized spacial score (nSPS) is 17.3. The maximum atomic E-state index is 12.7. The van der Waals surface area contributed by atoms with Crippen LogP contribution in [0, 0.1) is 0 Å². The molecule has 7 heteroatoms. The van der Waals surface area contributed by atoms with E-state index >= 15 is 0 Å². The first kappa shape index (κ1) is 20.4. The van der Waals surface area contributed by atoms with Gasteiger partial charge in [0, 0.05) is 32.9 Å². The van der Waals surface area contributed by atoms with Crippen LogP contribution in [0.1, 0.15) is 12.8 Å². The fourth-order valence-corrected chi connectivity index (χ4v) is 2.75. The van der Waals surface area contributed by atoms with Crippen LogP contribution in [0.5, 0.6) is 0 Å². The molecule has 1 aliphatic rings. The summed E-state index contributed by atoms with van der Waals surface area (Å²) in [5.74, 6) is -0.0791. The van der Waals surface area contributed by atoms with Crippen LogP contribution < -0.4 is 10.2 Å². The fraction of sp³-hybridized carbons (Fsp3) is 0.529. The third-order valence-electron chi connectivity index (χ3n) is 4.10. The molecule has 1 saturated heterocycles. The highest BCUT2D eigenvalue weighted by atomic mass is 35.5. The number of ether oxygens (including phenoxy) is 1. The van der Waals surface area contributed by atoms with Crippen molar-refractivity contribution in [3.05, 3.63) is 30.3 Å². The Balaban J connectivity index is 0.00000288. The van der Waals surface area contributed by atoms with Crippen LogP contribution in [0.25, 0.3) is 0 Å². The standard InChI is InChI=1S/C17H25N3O3.ClH/c1-19(16(21)13-18-10-12-23-2)15-9-6-11-20(17(15)22)14-7-4-3-5-8-14;/h3-5,7-8,15,18H,6,9-13H2,1-2H3;1H. The Morgan fingerprint density at radius 2 is 2.08 bits per heavy atom. The van der Waals surface area contributed by atoms with Gasteiger partial charge in [-0.05, 0) is 25.0 Å². The number of carbonyl (C=O) groups excluding carboxylic acids is 2. The number of rotatable bonds is 7. The number of hydrogen-bond donors (Lipinski definition) is 1. The van der Waals surface area contributed by atoms with Crippen LogP contribution in [-0.2, 0) is 14.3 Å². The second kappa shape index (κ2) is 10.3. The highest BCUT2D eigenvalue weighted by molar-refractivity contribution is 6.00. The topological polar surface area (TPSA) is 61.9 Å². The number of piperidine rings is 1. The molecule has 0 saturated carbocycles. The number of anilines is 1. The first-order valence-electron chi connectivity index (χ1n) is 7.97. The van der Waals surface area contributed by atoms with E-state index in [4.69, 9.17) is 4.74 Å². The summed E-state index contributed by atoms with van der Waals surface area (Å²) in [6, 6.07) is 9.22. The maximum absolute atomic E-state index is 12.7. The summed E-state index contributed by atoms with van der Waals surface area (Å²) in [6.07, 6.45) is 1.60. The smallest absolute Gasteiger partial charge is 0.249 e. The van der Waals surface area contributed by atoms with Gasteiger partial charge in [-0.15, -0.1) is 12.4 Å². The molecule has 0 spiro atoms. The van der Waals surface area contributed by atoms with Crippen LogP contribution in [0.2, 0.25) is 0 Å². The predicted molar refractivity (Wildman–Crippen MR) is 96.6 cm³/mol. The molecular weight excluding hydrogens is 330 g/mol. The van der Waals surface area contributed by atoms with Gasteiger partial charge < -0.3 is 19.9 Å². The van der Waals surface area contributed by atoms with E-state index in [1.165, 1.54) is 0 Å². The largest absolute Gasteiger partial charge is 0.383 e. The van der Waals surface area contributed by atoms with E-state index in [1.807, 2.05) is 30.3 Å². The van der Waals surface area contributed by atoms with Gasteiger partial charge in [-0.25, -0.2) is 0 Å². The molecule has 1 aliphatic heterocycles. The van der Waals surface area contributed by atoms with Gasteiger partial charge in [0.2, 0.25) is 11.8 Å². The molecule has 1 unspecified atom stereocenters. The Labute approximate surface area is 149 Å². The lowest BCUT2D eigenvalue weighted by Crippen LogP contribution is -2.54. The fourth-order valence-electron chi connectivity index (χ4n) is 2.75. The second-order valence-corrected chi connectivity index (χ2v) is 5.66. The zero-order valence-corrected chi connectivity index (χ0v) is 15.1. The summed E-state index contributed by atoms with van der Waals surface area (Å²) in [7, 11) is 3.33. The van der Waals surface area contributed by atoms with Crippen LogP contribution >= 0.6 is 12.4 Å². The summed E-state index contributed by atoms with van der Waals surface area (Å²) in [5.41, 5.74) is 0.890. The molecule has 2 rings (SSSR count). The highest BCUT2D eigenvalue weighted by Gasteiger charge is 2.34. The lowest BCUT2D eigenvalue weighted by Gasteiger charge is -2.36. The number of para-hydroxylation sites is 1. The van der Waals surface area contributed by atoms with Crippen molar-refractivity contribution in [2.45, 2.75) is 18.9 Å². The number of halogens is 1. The Hall–Kier alpha value is -1.63. The number of benzene rings is 1. The minimum Gasteiger partial charge on any atom is -0.383 e. The van der Waals surface area contributed by atoms with Gasteiger partial charge in [0.1, 0.15) is 6.04 Å². The Kier molecular flexibility index (Phi) is 8.74. The summed E-state index contributed by atoms with van der Waals surface area (Å²) in [6.45, 7) is 2.09. The van der Waals surface area contributed by atoms with Crippen molar-refractivity contribution in [1.29, 1.82) is 0 Å². The zero-order valence-electron chi connectivity index (χ0n) is 14.2. The zero-order chi connectivity index (χ0) is 16.7. The van der Waals surface area contributed by atoms with E-state index in [0.717, 1.165) is 12.1 Å². The predicted octanol–water partition coefficient (Wildman–Crippen LogP) is 1.30. The average Bonchev–Trinajstić information content (AvgIpc) is 2.59. The van der Waals surface area contributed by atoms with Gasteiger partial charge in [0.25, 0.3) is 0 Å². The van der Waals surface area contributed by atoms with E-state index in [9.17, 15) is 9.59 Å². The van der Waals surface area contributed by atoms with E-state index in [1.54, 1.807) is 24.0 Å². The maximum Gasteiger partial charge on any atom is 0.249 e. The molecule has 1 N–H and O–H groups in total. The molecule has 1 fully saturated rings. The van der Waals surface area contributed by atoms with Crippen molar-refractivity contribution in [1.82, 2.24) is 10.2 Å². The number of nitrogens with zero attached hydrogens (tertiary/aromatic N) is 2. The van der Waals surface area contributed by atoms with Gasteiger partial charge >= 0.3 is 0 Å². The van der Waals surface area contributed by atoms with Crippen molar-refractivity contribution >= 4 is 29.9 Å². The number of carbonyl (C=O) groups is 2. The average molecular weight is 356 g/mol. The third kappa shape index (κ3) is 5.19. The van der Waals surface area contributed by atoms with Gasteiger partial charge in [0.05, 0.1) is 13.2 Å². The van der Waals surface area contributed by atoms with E-state index in [-0.39, 0.29) is 36.8 Å². The van der Waals surface area contributed by atoms with Crippen molar-refractivity contribution in [3.8, 4) is 0 Å². The second-order valence-electron chi connectivity index (χ2n) is 5.66. The molecule has 1 atom stereocenters. The van der Waals surface area contributed by atoms with Crippen LogP contribution in [-0.4, -0.2) is 63.2 Å². The first-order chi connectivity index (χ1) is 11.1. The SMILES string of the molecule is COCCNCC(=O)N(C)C1CCCN(c2ccccc2)C1=O.Cl. The van der Waals surface area contributed by atoms with Crippen LogP contribution in [0.4, 0.5) is 5.69 Å². The molecule has 2 amide bonds. The molecule has 1 aromatic carbocycles. The number of likely N-dealkylation sites (N-methyl/N-ethyl adjacent to an activating group) is 1. The third-order valence-corrected chi connectivity index (χ3v) is 4.10. The minimum absolute atomic E-state index is 0. The van der Waals surface area contributed by atoms with Gasteiger partial charge in [0.15, 0.2) is 0 Å². The van der Waals surface area contributed by atoms with Crippen molar-refractivity contribution in [2.24, 2.45) is 0 Å². The molecular formula is C17H26ClN3O3. The molecule has 134 valence electrons. The van der Waals surface area contributed by atoms with Crippen molar-refractivity contribution in [2.75, 3.05) is 45.3 Å². The molecule has 0 radical (unpaired) electrons. The Bertz CT molecular complexity index is 527. The van der Waals surface area contributed by atoms with Gasteiger partial charge in [-0.2, -0.15) is 0 Å². The molecule has 1 heterocycles. The number of methoxy groups -OCH3 is 1. The molecule has 1 aromatic rings. The van der Waals surface area contributed by atoms with Gasteiger partial charge in [-0.3, -0.25) is 9.59 Å². The lowest BCUT2D eigenvalue weighted by atomic mass is 10.0. The number of nitrogens with one attached hydrogen (secondary N) is 1. The molecule has 0 bridgehead atoms. The van der Waals surface area contributed by atoms with Crippen molar-refractivity contribution < 1.29 is 14.3 Å². The summed E-state index contributed by atoms with van der Waals surface area (Å²) in [4.78, 5) is 28.3.